The minimum atomic E-state index is -0.410. The van der Waals surface area contributed by atoms with Gasteiger partial charge in [-0.3, -0.25) is 18.7 Å². The summed E-state index contributed by atoms with van der Waals surface area (Å²) in [6.45, 7) is 3.47. The van der Waals surface area contributed by atoms with E-state index in [9.17, 15) is 14.4 Å². The van der Waals surface area contributed by atoms with Gasteiger partial charge in [-0.05, 0) is 61.8 Å². The van der Waals surface area contributed by atoms with Crippen LogP contribution in [0, 0.1) is 3.95 Å². The SMILES string of the molecule is CCOC(=O)c1ccc(-n2c(=S)sc3c(=O)n(C[C@H]4CCCO4)c(SCC(=O)NCc4ccccc4)nc32)cc1. The molecule has 1 aliphatic heterocycles. The Hall–Kier alpha value is -3.32. The Morgan fingerprint density at radius 3 is 2.67 bits per heavy atom. The second-order valence-electron chi connectivity index (χ2n) is 9.12. The van der Waals surface area contributed by atoms with Crippen molar-refractivity contribution >= 4 is 57.5 Å². The quantitative estimate of drug-likeness (QED) is 0.121. The van der Waals surface area contributed by atoms with Crippen LogP contribution in [0.5, 0.6) is 0 Å². The summed E-state index contributed by atoms with van der Waals surface area (Å²) in [4.78, 5) is 43.4. The third-order valence-corrected chi connectivity index (χ3v) is 8.70. The van der Waals surface area contributed by atoms with Crippen LogP contribution >= 0.6 is 35.3 Å². The first-order chi connectivity index (χ1) is 19.4. The summed E-state index contributed by atoms with van der Waals surface area (Å²) in [5.41, 5.74) is 2.29. The molecule has 2 aromatic heterocycles. The molecule has 1 atom stereocenters. The highest BCUT2D eigenvalue weighted by Gasteiger charge is 2.23. The number of nitrogens with zero attached hydrogens (tertiary/aromatic N) is 3. The average Bonchev–Trinajstić information content (AvgIpc) is 3.60. The Balaban J connectivity index is 1.46. The van der Waals surface area contributed by atoms with Crippen LogP contribution in [-0.2, 0) is 27.4 Å². The summed E-state index contributed by atoms with van der Waals surface area (Å²) < 4.78 is 15.1. The van der Waals surface area contributed by atoms with Gasteiger partial charge in [0, 0.05) is 18.8 Å². The second-order valence-corrected chi connectivity index (χ2v) is 11.7. The molecule has 1 N–H and O–H groups in total. The fraction of sp³-hybridized carbons (Fsp3) is 0.321. The highest BCUT2D eigenvalue weighted by Crippen LogP contribution is 2.27. The number of carbonyl (C=O) groups is 2. The fourth-order valence-corrected chi connectivity index (χ4v) is 6.55. The summed E-state index contributed by atoms with van der Waals surface area (Å²) in [5, 5.41) is 3.34. The third kappa shape index (κ3) is 6.35. The van der Waals surface area contributed by atoms with E-state index in [-0.39, 0.29) is 29.9 Å². The van der Waals surface area contributed by atoms with Crippen molar-refractivity contribution in [3.63, 3.8) is 0 Å². The van der Waals surface area contributed by atoms with Gasteiger partial charge in [0.25, 0.3) is 5.56 Å². The maximum Gasteiger partial charge on any atom is 0.338 e. The summed E-state index contributed by atoms with van der Waals surface area (Å²) in [6, 6.07) is 16.5. The second kappa shape index (κ2) is 12.9. The predicted octanol–water partition coefficient (Wildman–Crippen LogP) is 4.74. The van der Waals surface area contributed by atoms with E-state index >= 15 is 0 Å². The molecule has 40 heavy (non-hydrogen) atoms. The molecule has 208 valence electrons. The number of nitrogens with one attached hydrogen (secondary N) is 1. The van der Waals surface area contributed by atoms with E-state index in [0.717, 1.165) is 18.4 Å². The van der Waals surface area contributed by atoms with Gasteiger partial charge in [-0.15, -0.1) is 0 Å². The lowest BCUT2D eigenvalue weighted by Crippen LogP contribution is -2.29. The first kappa shape index (κ1) is 28.2. The zero-order chi connectivity index (χ0) is 28.1. The standard InChI is InChI=1S/C28H28N4O5S3/c1-2-36-26(35)19-10-12-20(13-11-19)32-24-23(40-28(32)38)25(34)31(16-21-9-6-14-37-21)27(30-24)39-17-22(33)29-15-18-7-4-3-5-8-18/h3-5,7-8,10-13,21H,2,6,9,14-17H2,1H3,(H,29,33)/t21-/m1/s1. The van der Waals surface area contributed by atoms with Gasteiger partial charge in [0.05, 0.1) is 30.6 Å². The molecule has 4 aromatic rings. The van der Waals surface area contributed by atoms with Gasteiger partial charge < -0.3 is 14.8 Å². The highest BCUT2D eigenvalue weighted by atomic mass is 32.2. The molecule has 0 bridgehead atoms. The van der Waals surface area contributed by atoms with E-state index in [1.165, 1.54) is 23.1 Å². The van der Waals surface area contributed by atoms with E-state index < -0.39 is 5.97 Å². The van der Waals surface area contributed by atoms with Crippen molar-refractivity contribution in [2.45, 2.75) is 44.1 Å². The number of hydrogen-bond donors (Lipinski definition) is 1. The van der Waals surface area contributed by atoms with Gasteiger partial charge >= 0.3 is 5.97 Å². The Morgan fingerprint density at radius 1 is 1.20 bits per heavy atom. The van der Waals surface area contributed by atoms with Crippen LogP contribution in [0.2, 0.25) is 0 Å². The number of thioether (sulfide) groups is 1. The minimum absolute atomic E-state index is 0.0892. The molecule has 0 unspecified atom stereocenters. The Morgan fingerprint density at radius 2 is 1.98 bits per heavy atom. The first-order valence-electron chi connectivity index (χ1n) is 12.9. The zero-order valence-corrected chi connectivity index (χ0v) is 24.3. The van der Waals surface area contributed by atoms with Crippen molar-refractivity contribution in [1.29, 1.82) is 0 Å². The van der Waals surface area contributed by atoms with E-state index in [1.54, 1.807) is 40.3 Å². The van der Waals surface area contributed by atoms with Crippen molar-refractivity contribution in [2.75, 3.05) is 19.0 Å². The van der Waals surface area contributed by atoms with E-state index in [4.69, 9.17) is 26.7 Å². The normalized spacial score (nSPS) is 14.9. The van der Waals surface area contributed by atoms with Crippen molar-refractivity contribution in [3.05, 3.63) is 80.0 Å². The molecular weight excluding hydrogens is 569 g/mol. The monoisotopic (exact) mass is 596 g/mol. The molecule has 12 heteroatoms. The summed E-state index contributed by atoms with van der Waals surface area (Å²) >= 11 is 8.04. The van der Waals surface area contributed by atoms with Crippen molar-refractivity contribution in [1.82, 2.24) is 19.4 Å². The predicted molar refractivity (Wildman–Crippen MR) is 158 cm³/mol. The Labute approximate surface area is 244 Å². The van der Waals surface area contributed by atoms with Crippen LogP contribution in [0.3, 0.4) is 0 Å². The molecule has 9 nitrogen and oxygen atoms in total. The van der Waals surface area contributed by atoms with Gasteiger partial charge in [0.15, 0.2) is 14.8 Å². The lowest BCUT2D eigenvalue weighted by Gasteiger charge is -2.16. The van der Waals surface area contributed by atoms with Gasteiger partial charge in [-0.25, -0.2) is 9.78 Å². The molecule has 1 saturated heterocycles. The first-order valence-corrected chi connectivity index (χ1v) is 15.1. The molecule has 2 aromatic carbocycles. The number of aromatic nitrogens is 3. The van der Waals surface area contributed by atoms with Gasteiger partial charge in [0.1, 0.15) is 4.70 Å². The third-order valence-electron chi connectivity index (χ3n) is 6.37. The maximum absolute atomic E-state index is 13.7. The van der Waals surface area contributed by atoms with Crippen LogP contribution in [0.4, 0.5) is 0 Å². The molecular formula is C28H28N4O5S3. The maximum atomic E-state index is 13.7. The number of hydrogen-bond acceptors (Lipinski definition) is 9. The van der Waals surface area contributed by atoms with Crippen LogP contribution in [0.15, 0.2) is 64.5 Å². The average molecular weight is 597 g/mol. The molecule has 3 heterocycles. The minimum Gasteiger partial charge on any atom is -0.462 e. The number of rotatable bonds is 10. The number of ether oxygens (including phenoxy) is 2. The van der Waals surface area contributed by atoms with Crippen molar-refractivity contribution < 1.29 is 19.1 Å². The largest absolute Gasteiger partial charge is 0.462 e. The van der Waals surface area contributed by atoms with Crippen molar-refractivity contribution in [3.8, 4) is 5.69 Å². The zero-order valence-electron chi connectivity index (χ0n) is 21.8. The molecule has 0 radical (unpaired) electrons. The summed E-state index contributed by atoms with van der Waals surface area (Å²) in [5.74, 6) is -0.481. The van der Waals surface area contributed by atoms with E-state index in [0.29, 0.717) is 50.4 Å². The van der Waals surface area contributed by atoms with Crippen LogP contribution in [0.25, 0.3) is 16.0 Å². The smallest absolute Gasteiger partial charge is 0.338 e. The number of benzene rings is 2. The lowest BCUT2D eigenvalue weighted by molar-refractivity contribution is -0.118. The van der Waals surface area contributed by atoms with E-state index in [1.807, 2.05) is 30.3 Å². The topological polar surface area (TPSA) is 104 Å². The molecule has 1 aliphatic rings. The molecule has 0 saturated carbocycles. The van der Waals surface area contributed by atoms with Crippen LogP contribution < -0.4 is 10.9 Å². The summed E-state index contributed by atoms with van der Waals surface area (Å²) in [6.07, 6.45) is 1.71. The number of amides is 1. The van der Waals surface area contributed by atoms with Crippen molar-refractivity contribution in [2.24, 2.45) is 0 Å². The molecule has 1 amide bonds. The highest BCUT2D eigenvalue weighted by molar-refractivity contribution is 7.99. The Bertz CT molecular complexity index is 1620. The fourth-order valence-electron chi connectivity index (χ4n) is 4.40. The van der Waals surface area contributed by atoms with Gasteiger partial charge in [-0.1, -0.05) is 53.4 Å². The number of fused-ring (bicyclic) bond motifs is 1. The van der Waals surface area contributed by atoms with Gasteiger partial charge in [0.2, 0.25) is 5.91 Å². The lowest BCUT2D eigenvalue weighted by atomic mass is 10.2. The number of esters is 1. The van der Waals surface area contributed by atoms with Gasteiger partial charge in [-0.2, -0.15) is 0 Å². The van der Waals surface area contributed by atoms with E-state index in [2.05, 4.69) is 5.32 Å². The molecule has 0 aliphatic carbocycles. The number of carbonyl (C=O) groups excluding carboxylic acids is 2. The molecule has 5 rings (SSSR count). The van der Waals surface area contributed by atoms with Crippen LogP contribution in [-0.4, -0.2) is 51.1 Å². The number of thiazole rings is 1. The Kier molecular flexibility index (Phi) is 9.10. The molecule has 1 fully saturated rings. The molecule has 0 spiro atoms. The van der Waals surface area contributed by atoms with Crippen LogP contribution in [0.1, 0.15) is 35.7 Å². The summed E-state index contributed by atoms with van der Waals surface area (Å²) in [7, 11) is 0.